The molecule has 120 valence electrons. The second-order valence-corrected chi connectivity index (χ2v) is 6.04. The van der Waals surface area contributed by atoms with Gasteiger partial charge in [-0.2, -0.15) is 0 Å². The highest BCUT2D eigenvalue weighted by Gasteiger charge is 2.16. The van der Waals surface area contributed by atoms with Crippen LogP contribution in [-0.2, 0) is 0 Å². The van der Waals surface area contributed by atoms with Crippen molar-refractivity contribution in [3.05, 3.63) is 65.2 Å². The van der Waals surface area contributed by atoms with Crippen LogP contribution in [0.2, 0.25) is 0 Å². The van der Waals surface area contributed by atoms with E-state index in [2.05, 4.69) is 5.32 Å². The van der Waals surface area contributed by atoms with Crippen molar-refractivity contribution in [3.8, 4) is 0 Å². The van der Waals surface area contributed by atoms with Gasteiger partial charge in [-0.1, -0.05) is 31.4 Å². The molecule has 2 aromatic rings. The molecule has 1 fully saturated rings. The summed E-state index contributed by atoms with van der Waals surface area (Å²) in [5, 5.41) is 2.47. The summed E-state index contributed by atoms with van der Waals surface area (Å²) in [5.41, 5.74) is 1.70. The molecule has 3 rings (SSSR count). The molecular weight excluding hydrogens is 296 g/mol. The lowest BCUT2D eigenvalue weighted by Crippen LogP contribution is -2.13. The number of hydrogen-bond donors (Lipinski definition) is 1. The standard InChI is InChI=1S/C19H19F2NO/c20-16-10-11-18(17(21)12-16)22-19(23)15-8-6-14(7-9-15)13-4-2-1-3-5-13/h6-13H,1-5H2,(H,22,23). The maximum atomic E-state index is 13.6. The Labute approximate surface area is 134 Å². The van der Waals surface area contributed by atoms with Crippen LogP contribution in [0.4, 0.5) is 14.5 Å². The molecule has 1 aliphatic carbocycles. The monoisotopic (exact) mass is 315 g/mol. The largest absolute Gasteiger partial charge is 0.319 e. The first kappa shape index (κ1) is 15.7. The summed E-state index contributed by atoms with van der Waals surface area (Å²) in [6, 6.07) is 10.6. The van der Waals surface area contributed by atoms with Crippen molar-refractivity contribution >= 4 is 11.6 Å². The van der Waals surface area contributed by atoms with Crippen molar-refractivity contribution in [1.82, 2.24) is 0 Å². The van der Waals surface area contributed by atoms with Gasteiger partial charge in [-0.3, -0.25) is 4.79 Å². The zero-order chi connectivity index (χ0) is 16.2. The van der Waals surface area contributed by atoms with E-state index in [1.165, 1.54) is 43.7 Å². The van der Waals surface area contributed by atoms with E-state index in [0.29, 0.717) is 11.5 Å². The van der Waals surface area contributed by atoms with E-state index in [1.54, 1.807) is 12.1 Å². The first-order valence-electron chi connectivity index (χ1n) is 8.00. The van der Waals surface area contributed by atoms with Gasteiger partial charge in [0.15, 0.2) is 0 Å². The Kier molecular flexibility index (Phi) is 4.70. The topological polar surface area (TPSA) is 29.1 Å². The van der Waals surface area contributed by atoms with Crippen molar-refractivity contribution in [1.29, 1.82) is 0 Å². The maximum Gasteiger partial charge on any atom is 0.255 e. The number of nitrogens with one attached hydrogen (secondary N) is 1. The molecule has 1 N–H and O–H groups in total. The third kappa shape index (κ3) is 3.76. The summed E-state index contributed by atoms with van der Waals surface area (Å²) < 4.78 is 26.5. The lowest BCUT2D eigenvalue weighted by Gasteiger charge is -2.22. The van der Waals surface area contributed by atoms with Crippen LogP contribution in [0.15, 0.2) is 42.5 Å². The minimum absolute atomic E-state index is 0.0206. The Hall–Kier alpha value is -2.23. The molecule has 0 aromatic heterocycles. The average molecular weight is 315 g/mol. The van der Waals surface area contributed by atoms with Crippen LogP contribution in [-0.4, -0.2) is 5.91 Å². The van der Waals surface area contributed by atoms with Gasteiger partial charge in [-0.05, 0) is 48.6 Å². The molecule has 0 bridgehead atoms. The van der Waals surface area contributed by atoms with Crippen LogP contribution in [0.5, 0.6) is 0 Å². The van der Waals surface area contributed by atoms with Gasteiger partial charge in [0.1, 0.15) is 11.6 Å². The Bertz CT molecular complexity index is 691. The van der Waals surface area contributed by atoms with Gasteiger partial charge >= 0.3 is 0 Å². The third-order valence-electron chi connectivity index (χ3n) is 4.43. The predicted molar refractivity (Wildman–Crippen MR) is 86.6 cm³/mol. The maximum absolute atomic E-state index is 13.6. The Balaban J connectivity index is 1.69. The number of carbonyl (C=O) groups excluding carboxylic acids is 1. The molecule has 0 aliphatic heterocycles. The van der Waals surface area contributed by atoms with Crippen LogP contribution >= 0.6 is 0 Å². The molecular formula is C19H19F2NO. The fraction of sp³-hybridized carbons (Fsp3) is 0.316. The predicted octanol–water partition coefficient (Wildman–Crippen LogP) is 5.26. The quantitative estimate of drug-likeness (QED) is 0.822. The van der Waals surface area contributed by atoms with E-state index in [4.69, 9.17) is 0 Å². The number of hydrogen-bond acceptors (Lipinski definition) is 1. The van der Waals surface area contributed by atoms with Crippen molar-refractivity contribution in [2.24, 2.45) is 0 Å². The minimum atomic E-state index is -0.780. The molecule has 1 aliphatic rings. The van der Waals surface area contributed by atoms with Gasteiger partial charge < -0.3 is 5.32 Å². The van der Waals surface area contributed by atoms with Crippen molar-refractivity contribution in [2.75, 3.05) is 5.32 Å². The van der Waals surface area contributed by atoms with Crippen molar-refractivity contribution in [2.45, 2.75) is 38.0 Å². The highest BCUT2D eigenvalue weighted by atomic mass is 19.1. The molecule has 0 saturated heterocycles. The highest BCUT2D eigenvalue weighted by Crippen LogP contribution is 2.32. The summed E-state index contributed by atoms with van der Waals surface area (Å²) in [6.45, 7) is 0. The van der Waals surface area contributed by atoms with Crippen LogP contribution in [0.3, 0.4) is 0 Å². The van der Waals surface area contributed by atoms with Crippen LogP contribution < -0.4 is 5.32 Å². The van der Waals surface area contributed by atoms with Crippen LogP contribution in [0.25, 0.3) is 0 Å². The first-order valence-corrected chi connectivity index (χ1v) is 8.00. The summed E-state index contributed by atoms with van der Waals surface area (Å²) in [4.78, 5) is 12.2. The SMILES string of the molecule is O=C(Nc1ccc(F)cc1F)c1ccc(C2CCCCC2)cc1. The normalized spacial score (nSPS) is 15.4. The average Bonchev–Trinajstić information content (AvgIpc) is 2.58. The lowest BCUT2D eigenvalue weighted by atomic mass is 9.84. The second-order valence-electron chi connectivity index (χ2n) is 6.04. The van der Waals surface area contributed by atoms with E-state index in [0.717, 1.165) is 12.1 Å². The lowest BCUT2D eigenvalue weighted by molar-refractivity contribution is 0.102. The Morgan fingerprint density at radius 1 is 0.957 bits per heavy atom. The fourth-order valence-electron chi connectivity index (χ4n) is 3.13. The van der Waals surface area contributed by atoms with Crippen molar-refractivity contribution in [3.63, 3.8) is 0 Å². The van der Waals surface area contributed by atoms with Crippen molar-refractivity contribution < 1.29 is 13.6 Å². The molecule has 2 aromatic carbocycles. The number of rotatable bonds is 3. The summed E-state index contributed by atoms with van der Waals surface area (Å²) in [5.74, 6) is -1.27. The molecule has 0 heterocycles. The summed E-state index contributed by atoms with van der Waals surface area (Å²) >= 11 is 0. The number of amides is 1. The van der Waals surface area contributed by atoms with E-state index >= 15 is 0 Å². The van der Waals surface area contributed by atoms with E-state index < -0.39 is 17.5 Å². The minimum Gasteiger partial charge on any atom is -0.319 e. The molecule has 0 atom stereocenters. The van der Waals surface area contributed by atoms with E-state index in [1.807, 2.05) is 12.1 Å². The Morgan fingerprint density at radius 3 is 2.30 bits per heavy atom. The van der Waals surface area contributed by atoms with E-state index in [-0.39, 0.29) is 5.69 Å². The molecule has 0 radical (unpaired) electrons. The molecule has 1 amide bonds. The van der Waals surface area contributed by atoms with Crippen LogP contribution in [0, 0.1) is 11.6 Å². The number of anilines is 1. The number of benzene rings is 2. The van der Waals surface area contributed by atoms with Gasteiger partial charge in [0.05, 0.1) is 5.69 Å². The number of carbonyl (C=O) groups is 1. The molecule has 23 heavy (non-hydrogen) atoms. The van der Waals surface area contributed by atoms with Crippen LogP contribution in [0.1, 0.15) is 53.9 Å². The zero-order valence-corrected chi connectivity index (χ0v) is 12.8. The first-order chi connectivity index (χ1) is 11.1. The zero-order valence-electron chi connectivity index (χ0n) is 12.8. The smallest absolute Gasteiger partial charge is 0.255 e. The fourth-order valence-corrected chi connectivity index (χ4v) is 3.13. The van der Waals surface area contributed by atoms with Gasteiger partial charge in [0.2, 0.25) is 0 Å². The summed E-state index contributed by atoms with van der Waals surface area (Å²) in [6.07, 6.45) is 6.23. The van der Waals surface area contributed by atoms with Gasteiger partial charge in [-0.25, -0.2) is 8.78 Å². The number of halogens is 2. The summed E-state index contributed by atoms with van der Waals surface area (Å²) in [7, 11) is 0. The van der Waals surface area contributed by atoms with Gasteiger partial charge in [-0.15, -0.1) is 0 Å². The van der Waals surface area contributed by atoms with Gasteiger partial charge in [0.25, 0.3) is 5.91 Å². The molecule has 4 heteroatoms. The Morgan fingerprint density at radius 2 is 1.65 bits per heavy atom. The molecule has 1 saturated carbocycles. The third-order valence-corrected chi connectivity index (χ3v) is 4.43. The second kappa shape index (κ2) is 6.90. The molecule has 0 unspecified atom stereocenters. The molecule has 2 nitrogen and oxygen atoms in total. The van der Waals surface area contributed by atoms with Gasteiger partial charge in [0, 0.05) is 11.6 Å². The molecule has 0 spiro atoms. The van der Waals surface area contributed by atoms with E-state index in [9.17, 15) is 13.6 Å². The highest BCUT2D eigenvalue weighted by molar-refractivity contribution is 6.04.